The molecule has 0 bridgehead atoms. The third-order valence-electron chi connectivity index (χ3n) is 5.22. The molecule has 3 rings (SSSR count). The minimum absolute atomic E-state index is 0.116. The van der Waals surface area contributed by atoms with Gasteiger partial charge in [0.15, 0.2) is 0 Å². The number of rotatable bonds is 4. The van der Waals surface area contributed by atoms with Crippen LogP contribution in [0.4, 0.5) is 0 Å². The molecular formula is C22H26N2O2. The van der Waals surface area contributed by atoms with Crippen molar-refractivity contribution < 1.29 is 9.59 Å². The third kappa shape index (κ3) is 3.64. The number of hydrogen-bond acceptors (Lipinski definition) is 2. The average molecular weight is 350 g/mol. The van der Waals surface area contributed by atoms with Crippen molar-refractivity contribution in [2.45, 2.75) is 40.3 Å². The van der Waals surface area contributed by atoms with Crippen molar-refractivity contribution in [1.82, 2.24) is 10.2 Å². The highest BCUT2D eigenvalue weighted by Gasteiger charge is 2.39. The monoisotopic (exact) mass is 350 g/mol. The zero-order valence-corrected chi connectivity index (χ0v) is 15.7. The first-order valence-electron chi connectivity index (χ1n) is 9.08. The normalized spacial score (nSPS) is 13.9. The van der Waals surface area contributed by atoms with Crippen molar-refractivity contribution in [3.05, 3.63) is 70.8 Å². The first-order valence-corrected chi connectivity index (χ1v) is 9.08. The van der Waals surface area contributed by atoms with E-state index in [2.05, 4.69) is 17.4 Å². The molecule has 0 aliphatic carbocycles. The van der Waals surface area contributed by atoms with Crippen molar-refractivity contribution >= 4 is 11.8 Å². The molecule has 0 fully saturated rings. The van der Waals surface area contributed by atoms with Crippen LogP contribution in [-0.2, 0) is 29.1 Å². The second-order valence-corrected chi connectivity index (χ2v) is 7.48. The van der Waals surface area contributed by atoms with Gasteiger partial charge in [0.25, 0.3) is 0 Å². The fourth-order valence-corrected chi connectivity index (χ4v) is 3.37. The Hall–Kier alpha value is -2.62. The summed E-state index contributed by atoms with van der Waals surface area (Å²) in [6.07, 6.45) is 0.836. The van der Waals surface area contributed by atoms with Crippen molar-refractivity contribution in [1.29, 1.82) is 0 Å². The highest BCUT2D eigenvalue weighted by Crippen LogP contribution is 2.25. The molecule has 0 spiro atoms. The molecule has 0 radical (unpaired) electrons. The predicted octanol–water partition coefficient (Wildman–Crippen LogP) is 3.22. The minimum atomic E-state index is -1.09. The Bertz CT molecular complexity index is 826. The van der Waals surface area contributed by atoms with Crippen LogP contribution >= 0.6 is 0 Å². The number of aryl methyl sites for hydroxylation is 1. The summed E-state index contributed by atoms with van der Waals surface area (Å²) in [5.41, 5.74) is 3.57. The van der Waals surface area contributed by atoms with Gasteiger partial charge in [0.05, 0.1) is 0 Å². The van der Waals surface area contributed by atoms with Crippen LogP contribution in [0.25, 0.3) is 0 Å². The molecule has 4 nitrogen and oxygen atoms in total. The molecule has 2 amide bonds. The van der Waals surface area contributed by atoms with Crippen molar-refractivity contribution in [3.63, 3.8) is 0 Å². The van der Waals surface area contributed by atoms with E-state index in [0.717, 1.165) is 17.5 Å². The van der Waals surface area contributed by atoms with E-state index in [-0.39, 0.29) is 11.8 Å². The van der Waals surface area contributed by atoms with E-state index in [1.54, 1.807) is 18.7 Å². The molecule has 4 heteroatoms. The average Bonchev–Trinajstić information content (AvgIpc) is 2.66. The lowest BCUT2D eigenvalue weighted by atomic mass is 9.88. The van der Waals surface area contributed by atoms with Crippen LogP contribution in [0.2, 0.25) is 0 Å². The van der Waals surface area contributed by atoms with Crippen LogP contribution < -0.4 is 5.32 Å². The van der Waals surface area contributed by atoms with Gasteiger partial charge in [-0.05, 0) is 49.4 Å². The van der Waals surface area contributed by atoms with Crippen LogP contribution in [0.1, 0.15) is 36.1 Å². The van der Waals surface area contributed by atoms with E-state index in [1.807, 2.05) is 43.3 Å². The Balaban J connectivity index is 1.66. The molecule has 0 saturated carbocycles. The van der Waals surface area contributed by atoms with Gasteiger partial charge in [0.2, 0.25) is 11.8 Å². The first-order chi connectivity index (χ1) is 12.4. The van der Waals surface area contributed by atoms with Gasteiger partial charge in [0, 0.05) is 19.6 Å². The summed E-state index contributed by atoms with van der Waals surface area (Å²) in [5.74, 6) is -0.348. The number of carbonyl (C=O) groups is 2. The maximum Gasteiger partial charge on any atom is 0.238 e. The number of nitrogens with one attached hydrogen (secondary N) is 1. The summed E-state index contributed by atoms with van der Waals surface area (Å²) in [6, 6.07) is 16.1. The Labute approximate surface area is 155 Å². The van der Waals surface area contributed by atoms with E-state index in [9.17, 15) is 9.59 Å². The van der Waals surface area contributed by atoms with Gasteiger partial charge in [0.1, 0.15) is 5.41 Å². The molecular weight excluding hydrogens is 324 g/mol. The SMILES string of the molecule is Cc1ccccc1CNC(=O)C(C)(C)C(=O)N1CCc2ccccc2C1. The van der Waals surface area contributed by atoms with E-state index in [0.29, 0.717) is 19.6 Å². The van der Waals surface area contributed by atoms with Gasteiger partial charge in [-0.3, -0.25) is 9.59 Å². The zero-order valence-electron chi connectivity index (χ0n) is 15.7. The molecule has 0 atom stereocenters. The molecule has 2 aromatic carbocycles. The second kappa shape index (κ2) is 7.32. The van der Waals surface area contributed by atoms with Crippen LogP contribution in [-0.4, -0.2) is 23.3 Å². The quantitative estimate of drug-likeness (QED) is 0.861. The number of amides is 2. The molecule has 0 unspecified atom stereocenters. The molecule has 1 heterocycles. The van der Waals surface area contributed by atoms with Crippen LogP contribution in [0.3, 0.4) is 0 Å². The molecule has 0 aromatic heterocycles. The minimum Gasteiger partial charge on any atom is -0.351 e. The van der Waals surface area contributed by atoms with Gasteiger partial charge in [-0.25, -0.2) is 0 Å². The third-order valence-corrected chi connectivity index (χ3v) is 5.22. The molecule has 2 aromatic rings. The molecule has 136 valence electrons. The lowest BCUT2D eigenvalue weighted by Crippen LogP contribution is -2.50. The smallest absolute Gasteiger partial charge is 0.238 e. The summed E-state index contributed by atoms with van der Waals surface area (Å²) >= 11 is 0. The number of carbonyl (C=O) groups excluding carboxylic acids is 2. The molecule has 26 heavy (non-hydrogen) atoms. The molecule has 0 saturated heterocycles. The second-order valence-electron chi connectivity index (χ2n) is 7.48. The fraction of sp³-hybridized carbons (Fsp3) is 0.364. The van der Waals surface area contributed by atoms with Crippen LogP contribution in [0.15, 0.2) is 48.5 Å². The van der Waals surface area contributed by atoms with Gasteiger partial charge in [-0.2, -0.15) is 0 Å². The molecule has 1 aliphatic rings. The maximum absolute atomic E-state index is 13.0. The zero-order chi connectivity index (χ0) is 18.7. The van der Waals surface area contributed by atoms with Crippen molar-refractivity contribution in [2.75, 3.05) is 6.54 Å². The lowest BCUT2D eigenvalue weighted by molar-refractivity contribution is -0.149. The van der Waals surface area contributed by atoms with Crippen LogP contribution in [0, 0.1) is 12.3 Å². The number of fused-ring (bicyclic) bond motifs is 1. The Morgan fingerprint density at radius 1 is 1.04 bits per heavy atom. The van der Waals surface area contributed by atoms with E-state index < -0.39 is 5.41 Å². The van der Waals surface area contributed by atoms with E-state index >= 15 is 0 Å². The lowest BCUT2D eigenvalue weighted by Gasteiger charge is -2.34. The summed E-state index contributed by atoms with van der Waals surface area (Å²) in [4.78, 5) is 27.5. The molecule has 1 N–H and O–H groups in total. The van der Waals surface area contributed by atoms with E-state index in [1.165, 1.54) is 11.1 Å². The van der Waals surface area contributed by atoms with Crippen molar-refractivity contribution in [2.24, 2.45) is 5.41 Å². The number of hydrogen-bond donors (Lipinski definition) is 1. The Kier molecular flexibility index (Phi) is 5.12. The topological polar surface area (TPSA) is 49.4 Å². The summed E-state index contributed by atoms with van der Waals surface area (Å²) in [5, 5.41) is 2.93. The van der Waals surface area contributed by atoms with Crippen molar-refractivity contribution in [3.8, 4) is 0 Å². The fourth-order valence-electron chi connectivity index (χ4n) is 3.37. The predicted molar refractivity (Wildman–Crippen MR) is 102 cm³/mol. The van der Waals surface area contributed by atoms with Gasteiger partial charge < -0.3 is 10.2 Å². The number of nitrogens with zero attached hydrogens (tertiary/aromatic N) is 1. The first kappa shape index (κ1) is 18.2. The molecule has 1 aliphatic heterocycles. The highest BCUT2D eigenvalue weighted by molar-refractivity contribution is 6.04. The van der Waals surface area contributed by atoms with E-state index in [4.69, 9.17) is 0 Å². The summed E-state index contributed by atoms with van der Waals surface area (Å²) in [7, 11) is 0. The standard InChI is InChI=1S/C22H26N2O2/c1-16-8-4-5-10-18(16)14-23-20(25)22(2,3)21(26)24-13-12-17-9-6-7-11-19(17)15-24/h4-11H,12-15H2,1-3H3,(H,23,25). The summed E-state index contributed by atoms with van der Waals surface area (Å²) < 4.78 is 0. The Morgan fingerprint density at radius 3 is 2.42 bits per heavy atom. The number of benzene rings is 2. The van der Waals surface area contributed by atoms with Gasteiger partial charge in [-0.1, -0.05) is 48.5 Å². The van der Waals surface area contributed by atoms with Gasteiger partial charge in [-0.15, -0.1) is 0 Å². The largest absolute Gasteiger partial charge is 0.351 e. The van der Waals surface area contributed by atoms with Crippen LogP contribution in [0.5, 0.6) is 0 Å². The van der Waals surface area contributed by atoms with Gasteiger partial charge >= 0.3 is 0 Å². The highest BCUT2D eigenvalue weighted by atomic mass is 16.2. The Morgan fingerprint density at radius 2 is 1.69 bits per heavy atom. The summed E-state index contributed by atoms with van der Waals surface area (Å²) in [6.45, 7) is 7.11. The maximum atomic E-state index is 13.0.